The van der Waals surface area contributed by atoms with E-state index in [1.54, 1.807) is 19.2 Å². The van der Waals surface area contributed by atoms with E-state index in [-0.39, 0.29) is 18.3 Å². The Labute approximate surface area is 185 Å². The van der Waals surface area contributed by atoms with Gasteiger partial charge in [-0.2, -0.15) is 0 Å². The summed E-state index contributed by atoms with van der Waals surface area (Å²) in [6.45, 7) is 2.96. The fourth-order valence-electron chi connectivity index (χ4n) is 4.27. The van der Waals surface area contributed by atoms with Crippen LogP contribution in [-0.2, 0) is 4.79 Å². The Bertz CT molecular complexity index is 1280. The van der Waals surface area contributed by atoms with Crippen molar-refractivity contribution in [1.82, 2.24) is 4.90 Å². The molecule has 164 valence electrons. The third-order valence-corrected chi connectivity index (χ3v) is 5.91. The van der Waals surface area contributed by atoms with E-state index in [1.807, 2.05) is 47.4 Å². The van der Waals surface area contributed by atoms with Gasteiger partial charge in [0.15, 0.2) is 0 Å². The number of hydrogen-bond donors (Lipinski definition) is 1. The lowest BCUT2D eigenvalue weighted by Crippen LogP contribution is -2.48. The second kappa shape index (κ2) is 8.51. The van der Waals surface area contributed by atoms with Gasteiger partial charge in [-0.1, -0.05) is 30.3 Å². The van der Waals surface area contributed by atoms with Crippen LogP contribution in [0.15, 0.2) is 65.1 Å². The molecule has 0 unspecified atom stereocenters. The van der Waals surface area contributed by atoms with E-state index in [0.29, 0.717) is 48.9 Å². The van der Waals surface area contributed by atoms with Crippen molar-refractivity contribution in [2.24, 2.45) is 0 Å². The number of carbonyl (C=O) groups excluding carboxylic acids is 1. The van der Waals surface area contributed by atoms with Crippen molar-refractivity contribution in [3.05, 3.63) is 66.5 Å². The Balaban J connectivity index is 1.26. The highest BCUT2D eigenvalue weighted by Gasteiger charge is 2.21. The van der Waals surface area contributed by atoms with Gasteiger partial charge < -0.3 is 19.4 Å². The van der Waals surface area contributed by atoms with Crippen molar-refractivity contribution in [2.45, 2.75) is 0 Å². The van der Waals surface area contributed by atoms with Crippen molar-refractivity contribution >= 4 is 39.2 Å². The molecule has 0 radical (unpaired) electrons. The van der Waals surface area contributed by atoms with Gasteiger partial charge in [0.25, 0.3) is 0 Å². The third kappa shape index (κ3) is 3.87. The molecule has 4 aromatic rings. The lowest BCUT2D eigenvalue weighted by Gasteiger charge is -2.35. The number of piperazine rings is 1. The monoisotopic (exact) mass is 433 g/mol. The number of methoxy groups -OCH3 is 1. The molecule has 1 aliphatic heterocycles. The zero-order valence-electron chi connectivity index (χ0n) is 17.8. The molecule has 2 heterocycles. The highest BCUT2D eigenvalue weighted by molar-refractivity contribution is 6.07. The minimum Gasteiger partial charge on any atom is -0.495 e. The molecular weight excluding hydrogens is 409 g/mol. The smallest absolute Gasteiger partial charge is 0.238 e. The number of para-hydroxylation sites is 2. The molecule has 1 aliphatic rings. The number of rotatable bonds is 5. The maximum absolute atomic E-state index is 14.0. The van der Waals surface area contributed by atoms with Crippen molar-refractivity contribution in [3.8, 4) is 5.75 Å². The molecule has 0 spiro atoms. The molecule has 0 bridgehead atoms. The van der Waals surface area contributed by atoms with Crippen LogP contribution in [0.2, 0.25) is 0 Å². The van der Waals surface area contributed by atoms with Crippen LogP contribution in [0.5, 0.6) is 5.75 Å². The van der Waals surface area contributed by atoms with Crippen LogP contribution >= 0.6 is 0 Å². The number of furan rings is 1. The third-order valence-electron chi connectivity index (χ3n) is 5.91. The highest BCUT2D eigenvalue weighted by Crippen LogP contribution is 2.36. The summed E-state index contributed by atoms with van der Waals surface area (Å²) in [7, 11) is 1.58. The molecule has 32 heavy (non-hydrogen) atoms. The number of hydrogen-bond acceptors (Lipinski definition) is 5. The molecule has 1 N–H and O–H groups in total. The highest BCUT2D eigenvalue weighted by atomic mass is 19.1. The fourth-order valence-corrected chi connectivity index (χ4v) is 4.27. The molecule has 0 saturated carbocycles. The summed E-state index contributed by atoms with van der Waals surface area (Å²) < 4.78 is 25.5. The number of ether oxygens (including phenoxy) is 1. The van der Waals surface area contributed by atoms with Gasteiger partial charge in [0.05, 0.1) is 25.0 Å². The zero-order chi connectivity index (χ0) is 22.1. The Hall–Kier alpha value is -3.58. The van der Waals surface area contributed by atoms with Crippen molar-refractivity contribution in [2.75, 3.05) is 50.1 Å². The lowest BCUT2D eigenvalue weighted by molar-refractivity contribution is -0.117. The largest absolute Gasteiger partial charge is 0.495 e. The van der Waals surface area contributed by atoms with Gasteiger partial charge in [-0.3, -0.25) is 9.69 Å². The number of benzene rings is 3. The van der Waals surface area contributed by atoms with Gasteiger partial charge in [0.2, 0.25) is 5.91 Å². The first kappa shape index (κ1) is 20.3. The van der Waals surface area contributed by atoms with Crippen LogP contribution in [0.25, 0.3) is 21.9 Å². The summed E-state index contributed by atoms with van der Waals surface area (Å²) in [5, 5.41) is 4.91. The molecule has 5 rings (SSSR count). The summed E-state index contributed by atoms with van der Waals surface area (Å²) in [5.74, 6) is 0.242. The van der Waals surface area contributed by atoms with Crippen molar-refractivity contribution in [3.63, 3.8) is 0 Å². The summed E-state index contributed by atoms with van der Waals surface area (Å²) in [5.41, 5.74) is 2.68. The first-order valence-electron chi connectivity index (χ1n) is 10.6. The average molecular weight is 433 g/mol. The molecule has 1 fully saturated rings. The molecule has 1 aromatic heterocycles. The van der Waals surface area contributed by atoms with Crippen molar-refractivity contribution < 1.29 is 18.3 Å². The normalized spacial score (nSPS) is 14.8. The molecule has 1 saturated heterocycles. The van der Waals surface area contributed by atoms with Crippen LogP contribution in [0.4, 0.5) is 15.8 Å². The number of fused-ring (bicyclic) bond motifs is 3. The minimum atomic E-state index is -0.216. The number of nitrogens with zero attached hydrogens (tertiary/aromatic N) is 2. The molecule has 1 amide bonds. The maximum Gasteiger partial charge on any atom is 0.238 e. The van der Waals surface area contributed by atoms with Crippen LogP contribution in [0.1, 0.15) is 0 Å². The second-order valence-corrected chi connectivity index (χ2v) is 7.91. The number of halogens is 1. The molecule has 3 aromatic carbocycles. The van der Waals surface area contributed by atoms with Gasteiger partial charge in [-0.15, -0.1) is 0 Å². The predicted molar refractivity (Wildman–Crippen MR) is 124 cm³/mol. The van der Waals surface area contributed by atoms with E-state index in [1.165, 1.54) is 6.07 Å². The Morgan fingerprint density at radius 1 is 1.00 bits per heavy atom. The number of anilines is 2. The lowest BCUT2D eigenvalue weighted by atomic mass is 10.1. The van der Waals surface area contributed by atoms with Gasteiger partial charge >= 0.3 is 0 Å². The van der Waals surface area contributed by atoms with E-state index < -0.39 is 0 Å². The van der Waals surface area contributed by atoms with E-state index in [2.05, 4.69) is 10.2 Å². The standard InChI is InChI=1S/C25H24FN3O3/c1-31-24-14-18-17-6-2-5-9-22(17)32-23(18)15-20(24)27-25(30)16-28-10-12-29(13-11-28)21-8-4-3-7-19(21)26/h2-9,14-15H,10-13,16H2,1H3,(H,27,30). The Morgan fingerprint density at radius 3 is 2.53 bits per heavy atom. The van der Waals surface area contributed by atoms with Gasteiger partial charge in [-0.05, 0) is 24.3 Å². The number of amides is 1. The molecule has 0 atom stereocenters. The minimum absolute atomic E-state index is 0.127. The number of nitrogens with one attached hydrogen (secondary N) is 1. The molecule has 7 heteroatoms. The number of carbonyl (C=O) groups is 1. The van der Waals surface area contributed by atoms with Crippen molar-refractivity contribution in [1.29, 1.82) is 0 Å². The fraction of sp³-hybridized carbons (Fsp3) is 0.240. The summed E-state index contributed by atoms with van der Waals surface area (Å²) in [6, 6.07) is 18.3. The first-order chi connectivity index (χ1) is 15.6. The van der Waals surface area contributed by atoms with E-state index in [4.69, 9.17) is 9.15 Å². The van der Waals surface area contributed by atoms with E-state index >= 15 is 0 Å². The average Bonchev–Trinajstić information content (AvgIpc) is 3.17. The van der Waals surface area contributed by atoms with Crippen LogP contribution in [0, 0.1) is 5.82 Å². The van der Waals surface area contributed by atoms with Gasteiger partial charge in [0, 0.05) is 43.0 Å². The topological polar surface area (TPSA) is 58.0 Å². The van der Waals surface area contributed by atoms with Gasteiger partial charge in [-0.25, -0.2) is 4.39 Å². The molecule has 6 nitrogen and oxygen atoms in total. The molecule has 0 aliphatic carbocycles. The first-order valence-corrected chi connectivity index (χ1v) is 10.6. The van der Waals surface area contributed by atoms with E-state index in [9.17, 15) is 9.18 Å². The summed E-state index contributed by atoms with van der Waals surface area (Å²) in [4.78, 5) is 16.8. The zero-order valence-corrected chi connectivity index (χ0v) is 17.8. The van der Waals surface area contributed by atoms with E-state index in [0.717, 1.165) is 16.4 Å². The van der Waals surface area contributed by atoms with Crippen LogP contribution in [-0.4, -0.2) is 50.6 Å². The second-order valence-electron chi connectivity index (χ2n) is 7.91. The summed E-state index contributed by atoms with van der Waals surface area (Å²) in [6.07, 6.45) is 0. The quantitative estimate of drug-likeness (QED) is 0.502. The predicted octanol–water partition coefficient (Wildman–Crippen LogP) is 4.49. The van der Waals surface area contributed by atoms with Crippen LogP contribution < -0.4 is 15.0 Å². The van der Waals surface area contributed by atoms with Gasteiger partial charge in [0.1, 0.15) is 22.7 Å². The molecular formula is C25H24FN3O3. The Morgan fingerprint density at radius 2 is 1.75 bits per heavy atom. The van der Waals surface area contributed by atoms with Crippen LogP contribution in [0.3, 0.4) is 0 Å². The Kier molecular flexibility index (Phi) is 5.41. The summed E-state index contributed by atoms with van der Waals surface area (Å²) >= 11 is 0. The SMILES string of the molecule is COc1cc2c(cc1NC(=O)CN1CCN(c3ccccc3F)CC1)oc1ccccc12. The maximum atomic E-state index is 14.0.